The van der Waals surface area contributed by atoms with Crippen LogP contribution in [0.2, 0.25) is 0 Å². The van der Waals surface area contributed by atoms with Gasteiger partial charge in [0.15, 0.2) is 0 Å². The second kappa shape index (κ2) is 7.89. The minimum absolute atomic E-state index is 0.0834. The molecule has 0 heterocycles. The van der Waals surface area contributed by atoms with E-state index in [1.54, 1.807) is 0 Å². The van der Waals surface area contributed by atoms with E-state index in [-0.39, 0.29) is 11.6 Å². The molecular formula is C18H21F2N. The number of halogens is 2. The van der Waals surface area contributed by atoms with E-state index in [0.717, 1.165) is 19.3 Å². The van der Waals surface area contributed by atoms with Crippen LogP contribution in [-0.2, 0) is 12.8 Å². The second-order valence-corrected chi connectivity index (χ2v) is 5.27. The maximum Gasteiger partial charge on any atom is 0.129 e. The zero-order valence-electron chi connectivity index (χ0n) is 12.3. The molecule has 0 saturated heterocycles. The molecule has 2 rings (SSSR count). The van der Waals surface area contributed by atoms with Crippen LogP contribution in [0.3, 0.4) is 0 Å². The topological polar surface area (TPSA) is 12.0 Å². The van der Waals surface area contributed by atoms with Crippen LogP contribution in [0.5, 0.6) is 0 Å². The molecule has 1 atom stereocenters. The molecule has 0 spiro atoms. The summed E-state index contributed by atoms with van der Waals surface area (Å²) in [5.41, 5.74) is 1.47. The summed E-state index contributed by atoms with van der Waals surface area (Å²) in [5.74, 6) is -0.920. The third kappa shape index (κ3) is 4.64. The Hall–Kier alpha value is -1.74. The van der Waals surface area contributed by atoms with Crippen molar-refractivity contribution in [3.63, 3.8) is 0 Å². The van der Waals surface area contributed by atoms with Gasteiger partial charge in [0.05, 0.1) is 0 Å². The van der Waals surface area contributed by atoms with Crippen molar-refractivity contribution in [1.29, 1.82) is 0 Å². The molecule has 3 heteroatoms. The zero-order valence-corrected chi connectivity index (χ0v) is 12.3. The van der Waals surface area contributed by atoms with E-state index in [1.165, 1.54) is 23.8 Å². The van der Waals surface area contributed by atoms with Crippen molar-refractivity contribution >= 4 is 0 Å². The summed E-state index contributed by atoms with van der Waals surface area (Å²) >= 11 is 0. The largest absolute Gasteiger partial charge is 0.317 e. The van der Waals surface area contributed by atoms with Gasteiger partial charge in [0.2, 0.25) is 0 Å². The Kier molecular flexibility index (Phi) is 5.88. The molecule has 0 aliphatic rings. The van der Waals surface area contributed by atoms with Crippen molar-refractivity contribution in [2.75, 3.05) is 7.05 Å². The van der Waals surface area contributed by atoms with Gasteiger partial charge in [0.25, 0.3) is 0 Å². The molecule has 1 nitrogen and oxygen atoms in total. The van der Waals surface area contributed by atoms with Crippen molar-refractivity contribution in [2.45, 2.75) is 31.7 Å². The highest BCUT2D eigenvalue weighted by atomic mass is 19.1. The SMILES string of the molecule is CNC(CCCc1ccccc1)Cc1c(F)cccc1F. The third-order valence-corrected chi connectivity index (χ3v) is 3.78. The maximum absolute atomic E-state index is 13.7. The molecule has 0 radical (unpaired) electrons. The van der Waals surface area contributed by atoms with Gasteiger partial charge in [-0.05, 0) is 50.4 Å². The van der Waals surface area contributed by atoms with Crippen LogP contribution in [-0.4, -0.2) is 13.1 Å². The predicted octanol–water partition coefficient (Wildman–Crippen LogP) is 4.12. The molecule has 0 aromatic heterocycles. The molecule has 0 fully saturated rings. The second-order valence-electron chi connectivity index (χ2n) is 5.27. The normalized spacial score (nSPS) is 12.3. The van der Waals surface area contributed by atoms with Crippen LogP contribution < -0.4 is 5.32 Å². The average molecular weight is 289 g/mol. The molecular weight excluding hydrogens is 268 g/mol. The average Bonchev–Trinajstić information content (AvgIpc) is 2.50. The van der Waals surface area contributed by atoms with Gasteiger partial charge in [-0.2, -0.15) is 0 Å². The minimum Gasteiger partial charge on any atom is -0.317 e. The minimum atomic E-state index is -0.460. The summed E-state index contributed by atoms with van der Waals surface area (Å²) in [4.78, 5) is 0. The number of rotatable bonds is 7. The molecule has 1 unspecified atom stereocenters. The highest BCUT2D eigenvalue weighted by Gasteiger charge is 2.14. The lowest BCUT2D eigenvalue weighted by Gasteiger charge is -2.17. The van der Waals surface area contributed by atoms with E-state index in [2.05, 4.69) is 17.4 Å². The van der Waals surface area contributed by atoms with E-state index >= 15 is 0 Å². The Balaban J connectivity index is 1.89. The fourth-order valence-corrected chi connectivity index (χ4v) is 2.52. The molecule has 0 aliphatic heterocycles. The van der Waals surface area contributed by atoms with Crippen LogP contribution in [0.1, 0.15) is 24.0 Å². The smallest absolute Gasteiger partial charge is 0.129 e. The standard InChI is InChI=1S/C18H21F2N/c1-21-15(10-5-9-14-7-3-2-4-8-14)13-16-17(19)11-6-12-18(16)20/h2-4,6-8,11-12,15,21H,5,9-10,13H2,1H3. The summed E-state index contributed by atoms with van der Waals surface area (Å²) in [6, 6.07) is 14.4. The monoisotopic (exact) mass is 289 g/mol. The van der Waals surface area contributed by atoms with Gasteiger partial charge in [0, 0.05) is 11.6 Å². The molecule has 0 aliphatic carbocycles. The van der Waals surface area contributed by atoms with Gasteiger partial charge in [-0.25, -0.2) is 8.78 Å². The molecule has 2 aromatic rings. The lowest BCUT2D eigenvalue weighted by molar-refractivity contribution is 0.472. The number of hydrogen-bond donors (Lipinski definition) is 1. The quantitative estimate of drug-likeness (QED) is 0.808. The lowest BCUT2D eigenvalue weighted by atomic mass is 9.98. The van der Waals surface area contributed by atoms with Gasteiger partial charge < -0.3 is 5.32 Å². The Morgan fingerprint density at radius 2 is 1.62 bits per heavy atom. The molecule has 0 saturated carbocycles. The van der Waals surface area contributed by atoms with Gasteiger partial charge in [-0.15, -0.1) is 0 Å². The van der Waals surface area contributed by atoms with Crippen molar-refractivity contribution in [2.24, 2.45) is 0 Å². The van der Waals surface area contributed by atoms with Crippen molar-refractivity contribution in [3.05, 3.63) is 71.3 Å². The van der Waals surface area contributed by atoms with Crippen molar-refractivity contribution < 1.29 is 8.78 Å². The number of benzene rings is 2. The van der Waals surface area contributed by atoms with Gasteiger partial charge in [-0.1, -0.05) is 36.4 Å². The van der Waals surface area contributed by atoms with E-state index < -0.39 is 11.6 Å². The van der Waals surface area contributed by atoms with Crippen LogP contribution in [0.15, 0.2) is 48.5 Å². The van der Waals surface area contributed by atoms with E-state index in [9.17, 15) is 8.78 Å². The fourth-order valence-electron chi connectivity index (χ4n) is 2.52. The number of aryl methyl sites for hydroxylation is 1. The maximum atomic E-state index is 13.7. The van der Waals surface area contributed by atoms with Gasteiger partial charge in [-0.3, -0.25) is 0 Å². The van der Waals surface area contributed by atoms with Crippen LogP contribution in [0.25, 0.3) is 0 Å². The van der Waals surface area contributed by atoms with Crippen molar-refractivity contribution in [1.82, 2.24) is 5.32 Å². The highest BCUT2D eigenvalue weighted by Crippen LogP contribution is 2.16. The Morgan fingerprint density at radius 3 is 2.24 bits per heavy atom. The van der Waals surface area contributed by atoms with Crippen LogP contribution >= 0.6 is 0 Å². The summed E-state index contributed by atoms with van der Waals surface area (Å²) in [5, 5.41) is 3.16. The summed E-state index contributed by atoms with van der Waals surface area (Å²) < 4.78 is 27.3. The predicted molar refractivity (Wildman–Crippen MR) is 82.3 cm³/mol. The Bertz CT molecular complexity index is 534. The van der Waals surface area contributed by atoms with Crippen molar-refractivity contribution in [3.8, 4) is 0 Å². The van der Waals surface area contributed by atoms with Gasteiger partial charge >= 0.3 is 0 Å². The van der Waals surface area contributed by atoms with E-state index in [4.69, 9.17) is 0 Å². The Labute approximate surface area is 125 Å². The first-order valence-electron chi connectivity index (χ1n) is 7.34. The molecule has 0 bridgehead atoms. The van der Waals surface area contributed by atoms with Crippen LogP contribution in [0.4, 0.5) is 8.78 Å². The molecule has 2 aromatic carbocycles. The fraction of sp³-hybridized carbons (Fsp3) is 0.333. The molecule has 1 N–H and O–H groups in total. The summed E-state index contributed by atoms with van der Waals surface area (Å²) in [7, 11) is 1.84. The molecule has 21 heavy (non-hydrogen) atoms. The first kappa shape index (κ1) is 15.6. The molecule has 0 amide bonds. The van der Waals surface area contributed by atoms with E-state index in [0.29, 0.717) is 6.42 Å². The first-order chi connectivity index (χ1) is 10.2. The highest BCUT2D eigenvalue weighted by molar-refractivity contribution is 5.21. The summed E-state index contributed by atoms with van der Waals surface area (Å²) in [6.07, 6.45) is 3.24. The molecule has 112 valence electrons. The number of hydrogen-bond acceptors (Lipinski definition) is 1. The first-order valence-corrected chi connectivity index (χ1v) is 7.34. The summed E-state index contributed by atoms with van der Waals surface area (Å²) in [6.45, 7) is 0. The number of likely N-dealkylation sites (N-methyl/N-ethyl adjacent to an activating group) is 1. The third-order valence-electron chi connectivity index (χ3n) is 3.78. The zero-order chi connectivity index (χ0) is 15.1. The Morgan fingerprint density at radius 1 is 0.952 bits per heavy atom. The van der Waals surface area contributed by atoms with E-state index in [1.807, 2.05) is 25.2 Å². The van der Waals surface area contributed by atoms with Gasteiger partial charge in [0.1, 0.15) is 11.6 Å². The lowest BCUT2D eigenvalue weighted by Crippen LogP contribution is -2.28. The number of nitrogens with one attached hydrogen (secondary N) is 1. The van der Waals surface area contributed by atoms with Crippen LogP contribution in [0, 0.1) is 11.6 Å².